The van der Waals surface area contributed by atoms with Gasteiger partial charge < -0.3 is 15.4 Å². The van der Waals surface area contributed by atoms with Crippen molar-refractivity contribution in [3.8, 4) is 0 Å². The predicted octanol–water partition coefficient (Wildman–Crippen LogP) is -0.863. The van der Waals surface area contributed by atoms with E-state index in [1.165, 1.54) is 6.20 Å². The zero-order valence-corrected chi connectivity index (χ0v) is 10.4. The molecule has 2 rings (SSSR count). The van der Waals surface area contributed by atoms with Crippen LogP contribution in [0.25, 0.3) is 0 Å². The van der Waals surface area contributed by atoms with Gasteiger partial charge >= 0.3 is 0 Å². The average Bonchev–Trinajstić information content (AvgIpc) is 2.75. The second-order valence-electron chi connectivity index (χ2n) is 4.57. The summed E-state index contributed by atoms with van der Waals surface area (Å²) in [6, 6.07) is 0. The molecule has 1 aromatic rings. The van der Waals surface area contributed by atoms with E-state index in [2.05, 4.69) is 5.10 Å². The van der Waals surface area contributed by atoms with Crippen molar-refractivity contribution >= 4 is 11.8 Å². The van der Waals surface area contributed by atoms with Crippen LogP contribution in [0.2, 0.25) is 0 Å². The van der Waals surface area contributed by atoms with Crippen molar-refractivity contribution in [1.29, 1.82) is 0 Å². The van der Waals surface area contributed by atoms with Crippen molar-refractivity contribution in [1.82, 2.24) is 14.7 Å². The Morgan fingerprint density at radius 1 is 1.56 bits per heavy atom. The van der Waals surface area contributed by atoms with Crippen LogP contribution in [0.5, 0.6) is 0 Å². The van der Waals surface area contributed by atoms with Gasteiger partial charge in [-0.2, -0.15) is 5.10 Å². The Hall–Kier alpha value is -1.89. The molecule has 2 amide bonds. The number of nitrogens with zero attached hydrogens (tertiary/aromatic N) is 3. The van der Waals surface area contributed by atoms with Crippen LogP contribution in [-0.2, 0) is 16.6 Å². The second kappa shape index (κ2) is 4.41. The number of carbonyl (C=O) groups excluding carboxylic acids is 2. The van der Waals surface area contributed by atoms with E-state index in [1.54, 1.807) is 29.7 Å². The molecule has 0 aliphatic carbocycles. The van der Waals surface area contributed by atoms with Crippen molar-refractivity contribution < 1.29 is 14.3 Å². The lowest BCUT2D eigenvalue weighted by molar-refractivity contribution is -0.150. The molecule has 0 bridgehead atoms. The third-order valence-electron chi connectivity index (χ3n) is 3.03. The second-order valence-corrected chi connectivity index (χ2v) is 4.57. The molecule has 0 aromatic carbocycles. The molecule has 18 heavy (non-hydrogen) atoms. The number of amides is 2. The fourth-order valence-electron chi connectivity index (χ4n) is 1.91. The Morgan fingerprint density at radius 3 is 2.83 bits per heavy atom. The first-order valence-corrected chi connectivity index (χ1v) is 5.64. The Bertz CT molecular complexity index is 484. The van der Waals surface area contributed by atoms with Crippen LogP contribution >= 0.6 is 0 Å². The summed E-state index contributed by atoms with van der Waals surface area (Å²) in [5, 5.41) is 3.95. The minimum atomic E-state index is -1.11. The Morgan fingerprint density at radius 2 is 2.28 bits per heavy atom. The molecule has 0 saturated carbocycles. The fraction of sp³-hybridized carbons (Fsp3) is 0.545. The summed E-state index contributed by atoms with van der Waals surface area (Å²) in [4.78, 5) is 25.1. The van der Waals surface area contributed by atoms with Crippen molar-refractivity contribution in [3.05, 3.63) is 18.0 Å². The predicted molar refractivity (Wildman–Crippen MR) is 62.7 cm³/mol. The number of aryl methyl sites for hydroxylation is 1. The Balaban J connectivity index is 2.14. The molecular weight excluding hydrogens is 236 g/mol. The van der Waals surface area contributed by atoms with E-state index in [4.69, 9.17) is 10.5 Å². The van der Waals surface area contributed by atoms with Gasteiger partial charge in [-0.25, -0.2) is 0 Å². The molecule has 2 heterocycles. The lowest BCUT2D eigenvalue weighted by atomic mass is 10.0. The molecule has 7 nitrogen and oxygen atoms in total. The van der Waals surface area contributed by atoms with Gasteiger partial charge in [0.05, 0.1) is 24.9 Å². The highest BCUT2D eigenvalue weighted by molar-refractivity contribution is 5.94. The number of primary amides is 1. The van der Waals surface area contributed by atoms with Gasteiger partial charge in [-0.15, -0.1) is 0 Å². The third kappa shape index (κ3) is 2.21. The van der Waals surface area contributed by atoms with E-state index in [-0.39, 0.29) is 12.5 Å². The number of ether oxygens (including phenoxy) is 1. The van der Waals surface area contributed by atoms with E-state index in [0.717, 1.165) is 0 Å². The topological polar surface area (TPSA) is 90.5 Å². The molecule has 0 spiro atoms. The zero-order valence-electron chi connectivity index (χ0n) is 10.4. The summed E-state index contributed by atoms with van der Waals surface area (Å²) in [6.45, 7) is 2.50. The highest BCUT2D eigenvalue weighted by Gasteiger charge is 2.39. The number of aromatic nitrogens is 2. The van der Waals surface area contributed by atoms with Crippen molar-refractivity contribution in [3.63, 3.8) is 0 Å². The van der Waals surface area contributed by atoms with Crippen molar-refractivity contribution in [2.75, 3.05) is 19.7 Å². The smallest absolute Gasteiger partial charge is 0.257 e. The lowest BCUT2D eigenvalue weighted by Crippen LogP contribution is -2.58. The van der Waals surface area contributed by atoms with Gasteiger partial charge in [-0.1, -0.05) is 0 Å². The number of hydrogen-bond acceptors (Lipinski definition) is 4. The van der Waals surface area contributed by atoms with Gasteiger partial charge in [-0.3, -0.25) is 14.3 Å². The van der Waals surface area contributed by atoms with Crippen molar-refractivity contribution in [2.45, 2.75) is 12.5 Å². The van der Waals surface area contributed by atoms with E-state index in [1.807, 2.05) is 0 Å². The van der Waals surface area contributed by atoms with E-state index in [0.29, 0.717) is 18.7 Å². The molecule has 1 saturated heterocycles. The SMILES string of the molecule is Cn1cc(C(=O)N2CCO[C@](C)(C(N)=O)C2)cn1. The van der Waals surface area contributed by atoms with E-state index >= 15 is 0 Å². The minimum Gasteiger partial charge on any atom is -0.367 e. The van der Waals surface area contributed by atoms with Gasteiger partial charge in [0.25, 0.3) is 11.8 Å². The fourth-order valence-corrected chi connectivity index (χ4v) is 1.91. The first kappa shape index (κ1) is 12.6. The van der Waals surface area contributed by atoms with Crippen LogP contribution in [0.4, 0.5) is 0 Å². The Kier molecular flexibility index (Phi) is 3.08. The summed E-state index contributed by atoms with van der Waals surface area (Å²) in [6.07, 6.45) is 3.14. The average molecular weight is 252 g/mol. The molecule has 7 heteroatoms. The number of carbonyl (C=O) groups is 2. The third-order valence-corrected chi connectivity index (χ3v) is 3.03. The number of morpholine rings is 1. The Labute approximate surface area is 104 Å². The maximum Gasteiger partial charge on any atom is 0.257 e. The standard InChI is InChI=1S/C11H16N4O3/c1-11(10(12)17)7-15(3-4-18-11)9(16)8-5-13-14(2)6-8/h5-6H,3-4,7H2,1-2H3,(H2,12,17)/t11-/m0/s1. The van der Waals surface area contributed by atoms with Crippen LogP contribution in [0.15, 0.2) is 12.4 Å². The van der Waals surface area contributed by atoms with Crippen LogP contribution in [0, 0.1) is 0 Å². The van der Waals surface area contributed by atoms with Gasteiger partial charge in [0.1, 0.15) is 0 Å². The monoisotopic (exact) mass is 252 g/mol. The van der Waals surface area contributed by atoms with E-state index < -0.39 is 11.5 Å². The molecule has 0 radical (unpaired) electrons. The van der Waals surface area contributed by atoms with Gasteiger partial charge in [0.15, 0.2) is 5.60 Å². The summed E-state index contributed by atoms with van der Waals surface area (Å²) in [5.41, 5.74) is 4.67. The normalized spacial score (nSPS) is 24.0. The molecular formula is C11H16N4O3. The van der Waals surface area contributed by atoms with Crippen LogP contribution in [-0.4, -0.2) is 51.8 Å². The molecule has 1 aliphatic heterocycles. The molecule has 1 aliphatic rings. The highest BCUT2D eigenvalue weighted by Crippen LogP contribution is 2.18. The zero-order chi connectivity index (χ0) is 13.3. The minimum absolute atomic E-state index is 0.163. The van der Waals surface area contributed by atoms with Gasteiger partial charge in [0.2, 0.25) is 0 Å². The van der Waals surface area contributed by atoms with Gasteiger partial charge in [-0.05, 0) is 6.92 Å². The molecule has 98 valence electrons. The summed E-state index contributed by atoms with van der Waals surface area (Å²) >= 11 is 0. The summed E-state index contributed by atoms with van der Waals surface area (Å²) in [5.74, 6) is -0.731. The molecule has 1 atom stereocenters. The van der Waals surface area contributed by atoms with Crippen LogP contribution in [0.1, 0.15) is 17.3 Å². The maximum atomic E-state index is 12.2. The van der Waals surface area contributed by atoms with E-state index in [9.17, 15) is 9.59 Å². The molecule has 0 unspecified atom stereocenters. The first-order chi connectivity index (χ1) is 8.42. The van der Waals surface area contributed by atoms with Crippen LogP contribution in [0.3, 0.4) is 0 Å². The first-order valence-electron chi connectivity index (χ1n) is 5.64. The molecule has 1 fully saturated rings. The number of nitrogens with two attached hydrogens (primary N) is 1. The van der Waals surface area contributed by atoms with Crippen molar-refractivity contribution in [2.24, 2.45) is 12.8 Å². The molecule has 1 aromatic heterocycles. The quantitative estimate of drug-likeness (QED) is 0.741. The summed E-state index contributed by atoms with van der Waals surface area (Å²) in [7, 11) is 1.74. The van der Waals surface area contributed by atoms with Gasteiger partial charge in [0, 0.05) is 19.8 Å². The highest BCUT2D eigenvalue weighted by atomic mass is 16.5. The maximum absolute atomic E-state index is 12.2. The largest absolute Gasteiger partial charge is 0.367 e. The lowest BCUT2D eigenvalue weighted by Gasteiger charge is -2.38. The molecule has 2 N–H and O–H groups in total. The van der Waals surface area contributed by atoms with Crippen LogP contribution < -0.4 is 5.73 Å². The number of hydrogen-bond donors (Lipinski definition) is 1. The summed E-state index contributed by atoms with van der Waals surface area (Å²) < 4.78 is 6.92. The number of rotatable bonds is 2.